The zero-order valence-electron chi connectivity index (χ0n) is 3.13. The normalized spacial score (nSPS) is 6.67. The van der Waals surface area contributed by atoms with Crippen LogP contribution in [-0.2, 0) is 13.5 Å². The van der Waals surface area contributed by atoms with Crippen LogP contribution in [0.4, 0.5) is 0 Å². The van der Waals surface area contributed by atoms with Crippen LogP contribution in [0.15, 0.2) is 18.5 Å². The monoisotopic (exact) mass is 101 g/mol. The molecular formula is C3H5N2S-. The van der Waals surface area contributed by atoms with E-state index >= 15 is 0 Å². The van der Waals surface area contributed by atoms with Gasteiger partial charge in [-0.25, -0.2) is 0 Å². The van der Waals surface area contributed by atoms with Crippen LogP contribution >= 0.6 is 0 Å². The quantitative estimate of drug-likeness (QED) is 0.372. The summed E-state index contributed by atoms with van der Waals surface area (Å²) in [5, 5.41) is 6.21. The molecule has 1 heterocycles. The Morgan fingerprint density at radius 3 is 2.50 bits per heavy atom. The number of thiol groups is 1. The van der Waals surface area contributed by atoms with Gasteiger partial charge in [0.25, 0.3) is 0 Å². The zero-order valence-corrected chi connectivity index (χ0v) is 4.02. The second-order valence-corrected chi connectivity index (χ2v) is 0.766. The molecule has 0 aliphatic carbocycles. The molecule has 0 aliphatic rings. The summed E-state index contributed by atoms with van der Waals surface area (Å²) in [6.45, 7) is 0. The number of aromatic amines is 1. The van der Waals surface area contributed by atoms with E-state index in [0.29, 0.717) is 0 Å². The highest BCUT2D eigenvalue weighted by atomic mass is 32.1. The van der Waals surface area contributed by atoms with Crippen LogP contribution < -0.4 is 0 Å². The van der Waals surface area contributed by atoms with Crippen LogP contribution in [0.2, 0.25) is 0 Å². The van der Waals surface area contributed by atoms with Crippen molar-refractivity contribution in [2.75, 3.05) is 0 Å². The zero-order chi connectivity index (χ0) is 3.54. The SMILES string of the molecule is [SH-].c1cn[nH]c1. The van der Waals surface area contributed by atoms with E-state index < -0.39 is 0 Å². The summed E-state index contributed by atoms with van der Waals surface area (Å²) in [5.74, 6) is 0. The number of nitrogens with zero attached hydrogens (tertiary/aromatic N) is 1. The molecule has 6 heavy (non-hydrogen) atoms. The van der Waals surface area contributed by atoms with E-state index in [0.717, 1.165) is 0 Å². The molecule has 34 valence electrons. The van der Waals surface area contributed by atoms with Crippen LogP contribution in [0.1, 0.15) is 0 Å². The molecule has 1 aromatic heterocycles. The van der Waals surface area contributed by atoms with Crippen molar-refractivity contribution in [3.05, 3.63) is 18.5 Å². The molecule has 1 rings (SSSR count). The molecule has 0 fully saturated rings. The minimum Gasteiger partial charge on any atom is -0.813 e. The Hall–Kier alpha value is -0.440. The van der Waals surface area contributed by atoms with E-state index in [2.05, 4.69) is 10.2 Å². The summed E-state index contributed by atoms with van der Waals surface area (Å²) in [6.07, 6.45) is 3.46. The Labute approximate surface area is 43.0 Å². The van der Waals surface area contributed by atoms with Crippen LogP contribution in [0.5, 0.6) is 0 Å². The van der Waals surface area contributed by atoms with Gasteiger partial charge in [0, 0.05) is 12.4 Å². The van der Waals surface area contributed by atoms with Crippen LogP contribution in [-0.4, -0.2) is 10.2 Å². The smallest absolute Gasteiger partial charge is 0.0487 e. The largest absolute Gasteiger partial charge is 0.813 e. The number of hydrogen-bond donors (Lipinski definition) is 1. The lowest BCUT2D eigenvalue weighted by atomic mass is 10.8. The third-order valence-corrected chi connectivity index (χ3v) is 0.406. The second-order valence-electron chi connectivity index (χ2n) is 0.766. The summed E-state index contributed by atoms with van der Waals surface area (Å²) >= 11 is 0. The molecule has 1 aromatic rings. The van der Waals surface area contributed by atoms with Gasteiger partial charge in [-0.1, -0.05) is 0 Å². The third kappa shape index (κ3) is 1.12. The molecule has 0 spiro atoms. The Morgan fingerprint density at radius 1 is 1.50 bits per heavy atom. The summed E-state index contributed by atoms with van der Waals surface area (Å²) in [4.78, 5) is 0. The third-order valence-electron chi connectivity index (χ3n) is 0.406. The molecule has 2 nitrogen and oxygen atoms in total. The van der Waals surface area contributed by atoms with E-state index in [1.807, 2.05) is 6.07 Å². The lowest BCUT2D eigenvalue weighted by molar-refractivity contribution is 1.09. The van der Waals surface area contributed by atoms with E-state index in [1.165, 1.54) is 0 Å². The molecule has 0 bridgehead atoms. The Bertz CT molecular complexity index is 65.3. The van der Waals surface area contributed by atoms with Gasteiger partial charge in [-0.3, -0.25) is 5.10 Å². The van der Waals surface area contributed by atoms with Crippen molar-refractivity contribution in [2.24, 2.45) is 0 Å². The van der Waals surface area contributed by atoms with Gasteiger partial charge in [0.15, 0.2) is 0 Å². The number of nitrogens with one attached hydrogen (secondary N) is 1. The van der Waals surface area contributed by atoms with Crippen molar-refractivity contribution < 1.29 is 0 Å². The fourth-order valence-electron chi connectivity index (χ4n) is 0.215. The van der Waals surface area contributed by atoms with Gasteiger partial charge in [-0.2, -0.15) is 5.10 Å². The van der Waals surface area contributed by atoms with Crippen molar-refractivity contribution in [3.8, 4) is 0 Å². The van der Waals surface area contributed by atoms with Gasteiger partial charge in [0.2, 0.25) is 0 Å². The highest BCUT2D eigenvalue weighted by Gasteiger charge is 1.56. The van der Waals surface area contributed by atoms with Gasteiger partial charge in [-0.15, -0.1) is 0 Å². The van der Waals surface area contributed by atoms with E-state index in [4.69, 9.17) is 0 Å². The highest BCUT2D eigenvalue weighted by molar-refractivity contribution is 7.37. The van der Waals surface area contributed by atoms with Crippen molar-refractivity contribution in [1.29, 1.82) is 0 Å². The molecule has 1 N–H and O–H groups in total. The van der Waals surface area contributed by atoms with E-state index in [9.17, 15) is 0 Å². The number of rotatable bonds is 0. The molecule has 0 radical (unpaired) electrons. The number of hydrogen-bond acceptors (Lipinski definition) is 2. The lowest BCUT2D eigenvalue weighted by Gasteiger charge is -1.49. The maximum Gasteiger partial charge on any atom is 0.0487 e. The summed E-state index contributed by atoms with van der Waals surface area (Å²) < 4.78 is 0. The molecule has 0 aromatic carbocycles. The highest BCUT2D eigenvalue weighted by Crippen LogP contribution is 1.64. The predicted octanol–water partition coefficient (Wildman–Crippen LogP) is 0.140. The van der Waals surface area contributed by atoms with Crippen LogP contribution in [0.25, 0.3) is 0 Å². The number of H-pyrrole nitrogens is 1. The summed E-state index contributed by atoms with van der Waals surface area (Å²) in [6, 6.07) is 1.83. The topological polar surface area (TPSA) is 28.7 Å². The average molecular weight is 101 g/mol. The first kappa shape index (κ1) is 5.56. The summed E-state index contributed by atoms with van der Waals surface area (Å²) in [7, 11) is 0. The number of aromatic nitrogens is 2. The Kier molecular flexibility index (Phi) is 2.58. The second kappa shape index (κ2) is 2.78. The van der Waals surface area contributed by atoms with Crippen LogP contribution in [0, 0.1) is 0 Å². The van der Waals surface area contributed by atoms with Crippen molar-refractivity contribution in [3.63, 3.8) is 0 Å². The lowest BCUT2D eigenvalue weighted by Crippen LogP contribution is -1.53. The van der Waals surface area contributed by atoms with E-state index in [1.54, 1.807) is 12.4 Å². The van der Waals surface area contributed by atoms with Gasteiger partial charge in [-0.05, 0) is 6.07 Å². The molecule has 0 atom stereocenters. The Morgan fingerprint density at radius 2 is 2.33 bits per heavy atom. The first-order valence-corrected chi connectivity index (χ1v) is 1.44. The molecular weight excluding hydrogens is 96.1 g/mol. The van der Waals surface area contributed by atoms with Crippen LogP contribution in [0.3, 0.4) is 0 Å². The average Bonchev–Trinajstić information content (AvgIpc) is 1.76. The van der Waals surface area contributed by atoms with Gasteiger partial charge < -0.3 is 13.5 Å². The maximum absolute atomic E-state index is 3.60. The minimum absolute atomic E-state index is 0. The standard InChI is InChI=1S/C3H4N2.H2S/c1-2-4-5-3-1;/h1-3H,(H,4,5);1H2/p-1. The summed E-state index contributed by atoms with van der Waals surface area (Å²) in [5.41, 5.74) is 0. The van der Waals surface area contributed by atoms with Gasteiger partial charge in [0.1, 0.15) is 0 Å². The molecule has 0 amide bonds. The molecule has 0 saturated heterocycles. The Balaban J connectivity index is 0.000000250. The van der Waals surface area contributed by atoms with Crippen molar-refractivity contribution in [1.82, 2.24) is 10.2 Å². The van der Waals surface area contributed by atoms with Crippen molar-refractivity contribution in [2.45, 2.75) is 0 Å². The molecule has 0 saturated carbocycles. The van der Waals surface area contributed by atoms with E-state index in [-0.39, 0.29) is 13.5 Å². The molecule has 0 aliphatic heterocycles. The fraction of sp³-hybridized carbons (Fsp3) is 0. The predicted molar refractivity (Wildman–Crippen MR) is 27.3 cm³/mol. The first-order valence-electron chi connectivity index (χ1n) is 1.44. The fourth-order valence-corrected chi connectivity index (χ4v) is 0.215. The van der Waals surface area contributed by atoms with Gasteiger partial charge >= 0.3 is 0 Å². The van der Waals surface area contributed by atoms with Crippen molar-refractivity contribution >= 4 is 13.5 Å². The maximum atomic E-state index is 3.60. The van der Waals surface area contributed by atoms with Gasteiger partial charge in [0.05, 0.1) is 0 Å². The first-order chi connectivity index (χ1) is 2.50. The minimum atomic E-state index is 0. The molecule has 3 heteroatoms. The molecule has 0 unspecified atom stereocenters.